The van der Waals surface area contributed by atoms with Crippen molar-refractivity contribution in [3.8, 4) is 0 Å². The molecule has 1 heterocycles. The Bertz CT molecular complexity index is 178. The molecular weight excluding hydrogens is 170 g/mol. The lowest BCUT2D eigenvalue weighted by Gasteiger charge is -2.36. The van der Waals surface area contributed by atoms with E-state index in [0.717, 1.165) is 6.42 Å². The zero-order chi connectivity index (χ0) is 9.84. The van der Waals surface area contributed by atoms with Crippen LogP contribution in [0, 0.1) is 0 Å². The largest absolute Gasteiger partial charge is 0.378 e. The normalized spacial score (nSPS) is 21.5. The minimum atomic E-state index is -0.380. The van der Waals surface area contributed by atoms with Gasteiger partial charge in [-0.1, -0.05) is 6.92 Å². The molecule has 1 unspecified atom stereocenters. The zero-order valence-electron chi connectivity index (χ0n) is 7.94. The van der Waals surface area contributed by atoms with Crippen LogP contribution in [0.3, 0.4) is 0 Å². The molecule has 5 heteroatoms. The van der Waals surface area contributed by atoms with E-state index in [1.165, 1.54) is 0 Å². The number of carbonyl (C=O) groups is 1. The predicted molar refractivity (Wildman–Crippen MR) is 49.0 cm³/mol. The lowest BCUT2D eigenvalue weighted by molar-refractivity contribution is -0.0201. The zero-order valence-corrected chi connectivity index (χ0v) is 7.94. The number of aliphatic hydroxyl groups is 1. The molecule has 0 aromatic rings. The molecule has 5 nitrogen and oxygen atoms in total. The molecule has 0 spiro atoms. The fourth-order valence-electron chi connectivity index (χ4n) is 1.50. The van der Waals surface area contributed by atoms with Crippen LogP contribution in [0.25, 0.3) is 0 Å². The highest BCUT2D eigenvalue weighted by Gasteiger charge is 2.22. The summed E-state index contributed by atoms with van der Waals surface area (Å²) >= 11 is 0. The molecule has 0 aromatic carbocycles. The number of aliphatic hydroxyl groups excluding tert-OH is 1. The number of rotatable bonds is 2. The van der Waals surface area contributed by atoms with Gasteiger partial charge in [0.1, 0.15) is 6.23 Å². The average Bonchev–Trinajstić information content (AvgIpc) is 2.17. The molecular formula is C8H17N3O2. The van der Waals surface area contributed by atoms with Gasteiger partial charge in [0.15, 0.2) is 0 Å². The summed E-state index contributed by atoms with van der Waals surface area (Å²) in [5.41, 5.74) is 5.13. The highest BCUT2D eigenvalue weighted by molar-refractivity contribution is 5.72. The van der Waals surface area contributed by atoms with Crippen LogP contribution in [0.2, 0.25) is 0 Å². The minimum absolute atomic E-state index is 0.370. The van der Waals surface area contributed by atoms with Crippen molar-refractivity contribution in [1.29, 1.82) is 0 Å². The van der Waals surface area contributed by atoms with Crippen molar-refractivity contribution in [3.05, 3.63) is 0 Å². The van der Waals surface area contributed by atoms with E-state index in [9.17, 15) is 9.90 Å². The number of piperazine rings is 1. The third kappa shape index (κ3) is 2.57. The fourth-order valence-corrected chi connectivity index (χ4v) is 1.50. The van der Waals surface area contributed by atoms with Crippen LogP contribution < -0.4 is 5.73 Å². The van der Waals surface area contributed by atoms with E-state index in [1.807, 2.05) is 11.8 Å². The molecule has 1 saturated heterocycles. The van der Waals surface area contributed by atoms with E-state index in [2.05, 4.69) is 0 Å². The minimum Gasteiger partial charge on any atom is -0.378 e. The van der Waals surface area contributed by atoms with Crippen molar-refractivity contribution in [1.82, 2.24) is 9.80 Å². The molecule has 1 atom stereocenters. The quantitative estimate of drug-likeness (QED) is 0.607. The SMILES string of the molecule is CCC(O)N1CCN(C(N)=O)CC1. The number of nitrogens with zero attached hydrogens (tertiary/aromatic N) is 2. The number of carbonyl (C=O) groups excluding carboxylic acids is 1. The number of nitrogens with two attached hydrogens (primary N) is 1. The molecule has 0 radical (unpaired) electrons. The maximum Gasteiger partial charge on any atom is 0.314 e. The summed E-state index contributed by atoms with van der Waals surface area (Å²) in [4.78, 5) is 14.3. The van der Waals surface area contributed by atoms with Crippen LogP contribution in [0.5, 0.6) is 0 Å². The standard InChI is InChI=1S/C8H17N3O2/c1-2-7(12)10-3-5-11(6-4-10)8(9)13/h7,12H,2-6H2,1H3,(H2,9,13). The molecule has 3 N–H and O–H groups in total. The Hall–Kier alpha value is -0.810. The smallest absolute Gasteiger partial charge is 0.314 e. The van der Waals surface area contributed by atoms with Crippen molar-refractivity contribution >= 4 is 6.03 Å². The molecule has 1 rings (SSSR count). The average molecular weight is 187 g/mol. The topological polar surface area (TPSA) is 69.8 Å². The number of hydrogen-bond donors (Lipinski definition) is 2. The maximum atomic E-state index is 10.8. The maximum absolute atomic E-state index is 10.8. The molecule has 13 heavy (non-hydrogen) atoms. The van der Waals surface area contributed by atoms with E-state index in [0.29, 0.717) is 26.2 Å². The number of primary amides is 1. The van der Waals surface area contributed by atoms with Crippen LogP contribution in [0.4, 0.5) is 4.79 Å². The van der Waals surface area contributed by atoms with E-state index in [1.54, 1.807) is 4.90 Å². The second-order valence-electron chi connectivity index (χ2n) is 3.25. The Morgan fingerprint density at radius 2 is 2.00 bits per heavy atom. The summed E-state index contributed by atoms with van der Waals surface area (Å²) in [7, 11) is 0. The molecule has 76 valence electrons. The molecule has 2 amide bonds. The summed E-state index contributed by atoms with van der Waals surface area (Å²) in [5, 5.41) is 9.50. The first kappa shape index (κ1) is 10.3. The second kappa shape index (κ2) is 4.43. The molecule has 0 aliphatic carbocycles. The summed E-state index contributed by atoms with van der Waals surface area (Å²) in [5.74, 6) is 0. The van der Waals surface area contributed by atoms with Gasteiger partial charge in [-0.05, 0) is 6.42 Å². The van der Waals surface area contributed by atoms with E-state index >= 15 is 0 Å². The van der Waals surface area contributed by atoms with Gasteiger partial charge in [-0.15, -0.1) is 0 Å². The van der Waals surface area contributed by atoms with Crippen LogP contribution in [0.1, 0.15) is 13.3 Å². The lowest BCUT2D eigenvalue weighted by Crippen LogP contribution is -2.53. The van der Waals surface area contributed by atoms with Crippen LogP contribution >= 0.6 is 0 Å². The molecule has 1 aliphatic rings. The molecule has 1 fully saturated rings. The number of amides is 2. The first-order valence-electron chi connectivity index (χ1n) is 4.61. The van der Waals surface area contributed by atoms with Gasteiger partial charge < -0.3 is 15.7 Å². The molecule has 0 bridgehead atoms. The van der Waals surface area contributed by atoms with Gasteiger partial charge in [-0.2, -0.15) is 0 Å². The Labute approximate surface area is 78.1 Å². The fraction of sp³-hybridized carbons (Fsp3) is 0.875. The third-order valence-corrected chi connectivity index (χ3v) is 2.41. The van der Waals surface area contributed by atoms with Crippen LogP contribution in [0.15, 0.2) is 0 Å². The van der Waals surface area contributed by atoms with Gasteiger partial charge in [0.25, 0.3) is 0 Å². The third-order valence-electron chi connectivity index (χ3n) is 2.41. The van der Waals surface area contributed by atoms with E-state index in [-0.39, 0.29) is 12.3 Å². The van der Waals surface area contributed by atoms with Crippen molar-refractivity contribution in [2.75, 3.05) is 26.2 Å². The van der Waals surface area contributed by atoms with Gasteiger partial charge in [0.05, 0.1) is 0 Å². The Morgan fingerprint density at radius 3 is 2.38 bits per heavy atom. The van der Waals surface area contributed by atoms with Crippen LogP contribution in [-0.2, 0) is 0 Å². The van der Waals surface area contributed by atoms with Crippen molar-refractivity contribution in [2.24, 2.45) is 5.73 Å². The Morgan fingerprint density at radius 1 is 1.46 bits per heavy atom. The van der Waals surface area contributed by atoms with E-state index in [4.69, 9.17) is 5.73 Å². The van der Waals surface area contributed by atoms with Gasteiger partial charge in [-0.25, -0.2) is 4.79 Å². The van der Waals surface area contributed by atoms with Crippen molar-refractivity contribution in [2.45, 2.75) is 19.6 Å². The first-order valence-corrected chi connectivity index (χ1v) is 4.61. The second-order valence-corrected chi connectivity index (χ2v) is 3.25. The molecule has 1 aliphatic heterocycles. The van der Waals surface area contributed by atoms with Crippen molar-refractivity contribution < 1.29 is 9.90 Å². The van der Waals surface area contributed by atoms with Gasteiger partial charge in [0, 0.05) is 26.2 Å². The number of urea groups is 1. The summed E-state index contributed by atoms with van der Waals surface area (Å²) in [6.45, 7) is 4.58. The van der Waals surface area contributed by atoms with Gasteiger partial charge in [-0.3, -0.25) is 4.90 Å². The molecule has 0 saturated carbocycles. The summed E-state index contributed by atoms with van der Waals surface area (Å²) < 4.78 is 0. The monoisotopic (exact) mass is 187 g/mol. The van der Waals surface area contributed by atoms with Gasteiger partial charge in [0.2, 0.25) is 0 Å². The predicted octanol–water partition coefficient (Wildman–Crippen LogP) is -0.589. The molecule has 0 aromatic heterocycles. The van der Waals surface area contributed by atoms with Crippen LogP contribution in [-0.4, -0.2) is 53.3 Å². The number of hydrogen-bond acceptors (Lipinski definition) is 3. The lowest BCUT2D eigenvalue weighted by atomic mass is 10.3. The highest BCUT2D eigenvalue weighted by atomic mass is 16.3. The van der Waals surface area contributed by atoms with Crippen molar-refractivity contribution in [3.63, 3.8) is 0 Å². The van der Waals surface area contributed by atoms with E-state index < -0.39 is 0 Å². The highest BCUT2D eigenvalue weighted by Crippen LogP contribution is 2.06. The van der Waals surface area contributed by atoms with Gasteiger partial charge >= 0.3 is 6.03 Å². The Kier molecular flexibility index (Phi) is 3.50. The first-order chi connectivity index (χ1) is 6.15. The Balaban J connectivity index is 2.34. The summed E-state index contributed by atoms with van der Waals surface area (Å²) in [6, 6.07) is -0.370. The summed E-state index contributed by atoms with van der Waals surface area (Å²) in [6.07, 6.45) is 0.339.